The van der Waals surface area contributed by atoms with Gasteiger partial charge in [-0.2, -0.15) is 5.10 Å². The molecule has 2 aromatic carbocycles. The molecule has 1 saturated heterocycles. The SMILES string of the molecule is C[C@H]1CCCCN1c1nnc2ccc(O[C@@H]3CC[C@H](NC(=O)Nc4cc(C(C)(C)C)nn4-c4cccc(CN(C)C)c4)c4ccccc43)cn12. The molecule has 2 aliphatic rings. The zero-order chi connectivity index (χ0) is 35.0. The first kappa shape index (κ1) is 33.6. The summed E-state index contributed by atoms with van der Waals surface area (Å²) in [6, 6.07) is 22.4. The van der Waals surface area contributed by atoms with Crippen LogP contribution in [0.15, 0.2) is 72.9 Å². The smallest absolute Gasteiger partial charge is 0.320 e. The number of amides is 2. The van der Waals surface area contributed by atoms with Gasteiger partial charge in [-0.05, 0) is 94.1 Å². The molecule has 0 radical (unpaired) electrons. The molecule has 5 aromatic rings. The van der Waals surface area contributed by atoms with Gasteiger partial charge in [0.25, 0.3) is 0 Å². The van der Waals surface area contributed by atoms with Crippen molar-refractivity contribution in [3.8, 4) is 11.4 Å². The minimum absolute atomic E-state index is 0.149. The van der Waals surface area contributed by atoms with E-state index in [0.717, 1.165) is 78.6 Å². The van der Waals surface area contributed by atoms with E-state index in [9.17, 15) is 4.79 Å². The predicted octanol–water partition coefficient (Wildman–Crippen LogP) is 7.43. The highest BCUT2D eigenvalue weighted by Crippen LogP contribution is 2.39. The van der Waals surface area contributed by atoms with Crippen LogP contribution in [0.2, 0.25) is 0 Å². The first-order valence-corrected chi connectivity index (χ1v) is 17.8. The fraction of sp³-hybridized carbons (Fsp3) is 0.436. The number of anilines is 2. The summed E-state index contributed by atoms with van der Waals surface area (Å²) in [5.74, 6) is 2.27. The van der Waals surface area contributed by atoms with Crippen LogP contribution in [0.25, 0.3) is 11.3 Å². The molecule has 0 saturated carbocycles. The molecular weight excluding hydrogens is 626 g/mol. The van der Waals surface area contributed by atoms with Crippen molar-refractivity contribution in [2.75, 3.05) is 30.9 Å². The van der Waals surface area contributed by atoms with Crippen molar-refractivity contribution >= 4 is 23.4 Å². The Morgan fingerprint density at radius 1 is 0.960 bits per heavy atom. The number of benzene rings is 2. The maximum absolute atomic E-state index is 13.7. The highest BCUT2D eigenvalue weighted by molar-refractivity contribution is 5.89. The summed E-state index contributed by atoms with van der Waals surface area (Å²) in [6.45, 7) is 10.4. The number of nitrogens with zero attached hydrogens (tertiary/aromatic N) is 7. The number of piperidine rings is 1. The predicted molar refractivity (Wildman–Crippen MR) is 197 cm³/mol. The fourth-order valence-electron chi connectivity index (χ4n) is 7.20. The molecule has 3 atom stereocenters. The molecular formula is C39H49N9O2. The van der Waals surface area contributed by atoms with Crippen molar-refractivity contribution in [1.29, 1.82) is 0 Å². The molecule has 50 heavy (non-hydrogen) atoms. The van der Waals surface area contributed by atoms with Crippen LogP contribution in [0.5, 0.6) is 5.75 Å². The van der Waals surface area contributed by atoms with Crippen molar-refractivity contribution in [1.82, 2.24) is 34.6 Å². The first-order chi connectivity index (χ1) is 24.0. The Morgan fingerprint density at radius 2 is 1.78 bits per heavy atom. The van der Waals surface area contributed by atoms with Crippen LogP contribution < -0.4 is 20.3 Å². The Kier molecular flexibility index (Phi) is 9.26. The van der Waals surface area contributed by atoms with Crippen LogP contribution in [0.3, 0.4) is 0 Å². The second-order valence-electron chi connectivity index (χ2n) is 15.1. The van der Waals surface area contributed by atoms with Gasteiger partial charge in [0.05, 0.1) is 23.6 Å². The lowest BCUT2D eigenvalue weighted by Gasteiger charge is -2.33. The Hall–Kier alpha value is -4.90. The quantitative estimate of drug-likeness (QED) is 0.176. The Bertz CT molecular complexity index is 1970. The van der Waals surface area contributed by atoms with Gasteiger partial charge in [0.2, 0.25) is 5.95 Å². The van der Waals surface area contributed by atoms with Gasteiger partial charge in [-0.15, -0.1) is 10.2 Å². The van der Waals surface area contributed by atoms with Crippen molar-refractivity contribution < 1.29 is 9.53 Å². The van der Waals surface area contributed by atoms with Crippen LogP contribution in [-0.4, -0.2) is 62.0 Å². The standard InChI is InChI=1S/C39H49N9O2/c1-26-12-9-10-21-46(26)38-43-42-35-20-17-29(25-47(35)38)50-33-19-18-32(30-15-7-8-16-31(30)33)40-37(49)41-36-23-34(39(2,3)4)44-48(36)28-14-11-13-27(22-28)24-45(5)6/h7-8,11,13-17,20,22-23,25-26,32-33H,9-10,12,18-19,21,24H2,1-6H3,(H2,40,41,49)/t26-,32-,33+/m0/s1. The average molecular weight is 676 g/mol. The van der Waals surface area contributed by atoms with Gasteiger partial charge in [0.1, 0.15) is 17.7 Å². The normalized spacial score (nSPS) is 19.4. The van der Waals surface area contributed by atoms with E-state index in [1.807, 2.05) is 53.3 Å². The van der Waals surface area contributed by atoms with Crippen LogP contribution in [-0.2, 0) is 12.0 Å². The van der Waals surface area contributed by atoms with Crippen molar-refractivity contribution in [3.05, 3.63) is 95.3 Å². The van der Waals surface area contributed by atoms with E-state index in [4.69, 9.17) is 9.84 Å². The highest BCUT2D eigenvalue weighted by Gasteiger charge is 2.31. The van der Waals surface area contributed by atoms with E-state index >= 15 is 0 Å². The summed E-state index contributed by atoms with van der Waals surface area (Å²) < 4.78 is 10.6. The summed E-state index contributed by atoms with van der Waals surface area (Å²) in [6.07, 6.45) is 6.91. The second-order valence-corrected chi connectivity index (χ2v) is 15.1. The van der Waals surface area contributed by atoms with Gasteiger partial charge in [-0.3, -0.25) is 9.72 Å². The highest BCUT2D eigenvalue weighted by atomic mass is 16.5. The average Bonchev–Trinajstić information content (AvgIpc) is 3.70. The molecule has 2 amide bonds. The number of rotatable bonds is 8. The third-order valence-electron chi connectivity index (χ3n) is 9.81. The van der Waals surface area contributed by atoms with Gasteiger partial charge in [-0.25, -0.2) is 9.48 Å². The monoisotopic (exact) mass is 675 g/mol. The summed E-state index contributed by atoms with van der Waals surface area (Å²) in [5.41, 5.74) is 5.73. The summed E-state index contributed by atoms with van der Waals surface area (Å²) in [5, 5.41) is 20.3. The lowest BCUT2D eigenvalue weighted by molar-refractivity contribution is 0.171. The van der Waals surface area contributed by atoms with Crippen LogP contribution in [0.4, 0.5) is 16.6 Å². The van der Waals surface area contributed by atoms with E-state index in [-0.39, 0.29) is 23.6 Å². The molecule has 1 fully saturated rings. The van der Waals surface area contributed by atoms with Crippen LogP contribution >= 0.6 is 0 Å². The van der Waals surface area contributed by atoms with E-state index in [2.05, 4.69) is 101 Å². The number of aromatic nitrogens is 5. The number of urea groups is 1. The molecule has 11 nitrogen and oxygen atoms in total. The lowest BCUT2D eigenvalue weighted by Crippen LogP contribution is -2.38. The van der Waals surface area contributed by atoms with Crippen LogP contribution in [0.1, 0.15) is 94.3 Å². The molecule has 2 N–H and O–H groups in total. The van der Waals surface area contributed by atoms with Crippen molar-refractivity contribution in [2.45, 2.75) is 89.9 Å². The number of carbonyl (C=O) groups excluding carboxylic acids is 1. The molecule has 7 rings (SSSR count). The molecule has 0 unspecified atom stereocenters. The molecule has 1 aliphatic carbocycles. The van der Waals surface area contributed by atoms with E-state index in [1.54, 1.807) is 0 Å². The van der Waals surface area contributed by atoms with Gasteiger partial charge in [0, 0.05) is 30.6 Å². The zero-order valence-corrected chi connectivity index (χ0v) is 30.1. The molecule has 262 valence electrons. The minimum atomic E-state index is -0.271. The molecule has 0 bridgehead atoms. The maximum atomic E-state index is 13.7. The topological polar surface area (TPSA) is 105 Å². The van der Waals surface area contributed by atoms with Crippen LogP contribution in [0, 0.1) is 0 Å². The number of hydrogen-bond donors (Lipinski definition) is 2. The number of pyridine rings is 1. The minimum Gasteiger partial charge on any atom is -0.484 e. The number of hydrogen-bond acceptors (Lipinski definition) is 7. The molecule has 3 aromatic heterocycles. The largest absolute Gasteiger partial charge is 0.484 e. The summed E-state index contributed by atoms with van der Waals surface area (Å²) in [7, 11) is 4.11. The second kappa shape index (κ2) is 13.8. The van der Waals surface area contributed by atoms with Gasteiger partial charge in [0.15, 0.2) is 5.65 Å². The first-order valence-electron chi connectivity index (χ1n) is 17.8. The van der Waals surface area contributed by atoms with Crippen molar-refractivity contribution in [2.24, 2.45) is 0 Å². The third kappa shape index (κ3) is 7.05. The number of carbonyl (C=O) groups is 1. The number of ether oxygens (including phenoxy) is 1. The molecule has 0 spiro atoms. The fourth-order valence-corrected chi connectivity index (χ4v) is 7.20. The Balaban J connectivity index is 1.09. The molecule has 1 aliphatic heterocycles. The van der Waals surface area contributed by atoms with Crippen molar-refractivity contribution in [3.63, 3.8) is 0 Å². The Morgan fingerprint density at radius 3 is 2.56 bits per heavy atom. The van der Waals surface area contributed by atoms with E-state index in [1.165, 1.54) is 12.0 Å². The van der Waals surface area contributed by atoms with Gasteiger partial charge < -0.3 is 19.9 Å². The van der Waals surface area contributed by atoms with E-state index < -0.39 is 0 Å². The molecule has 4 heterocycles. The molecule has 11 heteroatoms. The zero-order valence-electron chi connectivity index (χ0n) is 30.1. The van der Waals surface area contributed by atoms with E-state index in [0.29, 0.717) is 11.9 Å². The third-order valence-corrected chi connectivity index (χ3v) is 9.81. The Labute approximate surface area is 294 Å². The van der Waals surface area contributed by atoms with Gasteiger partial charge in [-0.1, -0.05) is 57.2 Å². The number of nitrogens with one attached hydrogen (secondary N) is 2. The summed E-state index contributed by atoms with van der Waals surface area (Å²) in [4.78, 5) is 18.2. The summed E-state index contributed by atoms with van der Waals surface area (Å²) >= 11 is 0. The maximum Gasteiger partial charge on any atom is 0.320 e. The van der Waals surface area contributed by atoms with Gasteiger partial charge >= 0.3 is 6.03 Å². The number of fused-ring (bicyclic) bond motifs is 2. The lowest BCUT2D eigenvalue weighted by atomic mass is 9.85.